The van der Waals surface area contributed by atoms with Crippen molar-refractivity contribution < 1.29 is 14.3 Å². The standard InChI is InChI=1S/C17H16ClNO3S/c18-14-8-6-13(7-9-14)17(12-4-2-1-3-5-12)23-11-16(21)22-10-15(19)20/h1-9,17H,10-11H2,(H2,19,20)/t17-/m0/s1. The van der Waals surface area contributed by atoms with Crippen LogP contribution in [0.4, 0.5) is 0 Å². The molecule has 2 N–H and O–H groups in total. The average Bonchev–Trinajstić information content (AvgIpc) is 2.55. The third-order valence-electron chi connectivity index (χ3n) is 3.02. The van der Waals surface area contributed by atoms with Gasteiger partial charge >= 0.3 is 5.97 Å². The Morgan fingerprint density at radius 2 is 1.65 bits per heavy atom. The maximum absolute atomic E-state index is 11.7. The van der Waals surface area contributed by atoms with Gasteiger partial charge in [0.05, 0.1) is 11.0 Å². The molecule has 0 bridgehead atoms. The summed E-state index contributed by atoms with van der Waals surface area (Å²) in [7, 11) is 0. The Morgan fingerprint density at radius 1 is 1.04 bits per heavy atom. The molecule has 0 aliphatic carbocycles. The summed E-state index contributed by atoms with van der Waals surface area (Å²) in [5.74, 6) is -1.01. The fourth-order valence-electron chi connectivity index (χ4n) is 1.99. The molecule has 2 rings (SSSR count). The highest BCUT2D eigenvalue weighted by molar-refractivity contribution is 8.00. The van der Waals surface area contributed by atoms with Crippen molar-refractivity contribution in [1.82, 2.24) is 0 Å². The van der Waals surface area contributed by atoms with Crippen LogP contribution in [-0.4, -0.2) is 24.2 Å². The second-order valence-electron chi connectivity index (χ2n) is 4.78. The number of carbonyl (C=O) groups is 2. The Kier molecular flexibility index (Phi) is 6.50. The number of benzene rings is 2. The van der Waals surface area contributed by atoms with E-state index in [-0.39, 0.29) is 11.0 Å². The molecule has 2 aromatic carbocycles. The van der Waals surface area contributed by atoms with Crippen LogP contribution in [0.15, 0.2) is 54.6 Å². The SMILES string of the molecule is NC(=O)COC(=O)CS[C@@H](c1ccccc1)c1ccc(Cl)cc1. The van der Waals surface area contributed by atoms with E-state index in [0.29, 0.717) is 5.02 Å². The Hall–Kier alpha value is -1.98. The first-order valence-electron chi connectivity index (χ1n) is 6.92. The number of carbonyl (C=O) groups excluding carboxylic acids is 2. The Balaban J connectivity index is 2.10. The molecule has 0 radical (unpaired) electrons. The van der Waals surface area contributed by atoms with Gasteiger partial charge in [-0.2, -0.15) is 0 Å². The molecule has 0 heterocycles. The molecule has 0 saturated heterocycles. The quantitative estimate of drug-likeness (QED) is 0.779. The number of nitrogens with two attached hydrogens (primary N) is 1. The van der Waals surface area contributed by atoms with Crippen LogP contribution in [0.1, 0.15) is 16.4 Å². The predicted molar refractivity (Wildman–Crippen MR) is 92.3 cm³/mol. The molecular weight excluding hydrogens is 334 g/mol. The van der Waals surface area contributed by atoms with Gasteiger partial charge in [0, 0.05) is 5.02 Å². The summed E-state index contributed by atoms with van der Waals surface area (Å²) in [6.45, 7) is -0.393. The van der Waals surface area contributed by atoms with Crippen molar-refractivity contribution in [3.8, 4) is 0 Å². The van der Waals surface area contributed by atoms with Crippen LogP contribution in [0.3, 0.4) is 0 Å². The maximum Gasteiger partial charge on any atom is 0.316 e. The molecule has 2 aromatic rings. The van der Waals surface area contributed by atoms with E-state index in [1.165, 1.54) is 11.8 Å². The number of halogens is 1. The van der Waals surface area contributed by atoms with Gasteiger partial charge in [-0.1, -0.05) is 54.1 Å². The summed E-state index contributed by atoms with van der Waals surface area (Å²) in [5.41, 5.74) is 7.06. The first-order valence-corrected chi connectivity index (χ1v) is 8.35. The fraction of sp³-hybridized carbons (Fsp3) is 0.176. The summed E-state index contributed by atoms with van der Waals surface area (Å²) < 4.78 is 4.79. The van der Waals surface area contributed by atoms with Crippen LogP contribution in [-0.2, 0) is 14.3 Å². The van der Waals surface area contributed by atoms with Gasteiger partial charge in [0.15, 0.2) is 6.61 Å². The van der Waals surface area contributed by atoms with E-state index in [0.717, 1.165) is 11.1 Å². The number of hydrogen-bond donors (Lipinski definition) is 1. The smallest absolute Gasteiger partial charge is 0.316 e. The van der Waals surface area contributed by atoms with Gasteiger partial charge in [-0.3, -0.25) is 9.59 Å². The van der Waals surface area contributed by atoms with Gasteiger partial charge in [-0.15, -0.1) is 11.8 Å². The molecule has 1 amide bonds. The molecule has 4 nitrogen and oxygen atoms in total. The Labute approximate surface area is 144 Å². The summed E-state index contributed by atoms with van der Waals surface area (Å²) in [5, 5.41) is 0.626. The number of thioether (sulfide) groups is 1. The molecule has 1 atom stereocenters. The first-order chi connectivity index (χ1) is 11.1. The molecule has 120 valence electrons. The van der Waals surface area contributed by atoms with Crippen LogP contribution in [0, 0.1) is 0 Å². The lowest BCUT2D eigenvalue weighted by molar-refractivity contribution is -0.145. The lowest BCUT2D eigenvalue weighted by Crippen LogP contribution is -2.21. The van der Waals surface area contributed by atoms with Crippen molar-refractivity contribution in [2.24, 2.45) is 5.73 Å². The Morgan fingerprint density at radius 3 is 2.26 bits per heavy atom. The topological polar surface area (TPSA) is 69.4 Å². The number of primary amides is 1. The lowest BCUT2D eigenvalue weighted by Gasteiger charge is -2.17. The van der Waals surface area contributed by atoms with Crippen molar-refractivity contribution in [3.05, 3.63) is 70.7 Å². The summed E-state index contributed by atoms with van der Waals surface area (Å²) in [6, 6.07) is 17.3. The molecule has 0 spiro atoms. The van der Waals surface area contributed by atoms with Crippen LogP contribution >= 0.6 is 23.4 Å². The van der Waals surface area contributed by atoms with Crippen molar-refractivity contribution in [2.75, 3.05) is 12.4 Å². The summed E-state index contributed by atoms with van der Waals surface area (Å²) in [4.78, 5) is 22.3. The molecule has 0 unspecified atom stereocenters. The third kappa shape index (κ3) is 5.62. The molecule has 6 heteroatoms. The highest BCUT2D eigenvalue weighted by Gasteiger charge is 2.17. The molecule has 0 aliphatic heterocycles. The summed E-state index contributed by atoms with van der Waals surface area (Å²) in [6.07, 6.45) is 0. The first kappa shape index (κ1) is 17.4. The molecular formula is C17H16ClNO3S. The number of hydrogen-bond acceptors (Lipinski definition) is 4. The molecule has 0 aromatic heterocycles. The second kappa shape index (κ2) is 8.60. The third-order valence-corrected chi connectivity index (χ3v) is 4.55. The van der Waals surface area contributed by atoms with Gasteiger partial charge in [-0.25, -0.2) is 0 Å². The minimum atomic E-state index is -0.666. The van der Waals surface area contributed by atoms with E-state index in [9.17, 15) is 9.59 Å². The van der Waals surface area contributed by atoms with E-state index in [4.69, 9.17) is 22.1 Å². The van der Waals surface area contributed by atoms with E-state index in [1.807, 2.05) is 54.6 Å². The van der Waals surface area contributed by atoms with Crippen LogP contribution < -0.4 is 5.73 Å². The van der Waals surface area contributed by atoms with Gasteiger partial charge < -0.3 is 10.5 Å². The highest BCUT2D eigenvalue weighted by atomic mass is 35.5. The van der Waals surface area contributed by atoms with E-state index < -0.39 is 18.5 Å². The minimum Gasteiger partial charge on any atom is -0.455 e. The summed E-state index contributed by atoms with van der Waals surface area (Å²) >= 11 is 7.36. The number of ether oxygens (including phenoxy) is 1. The van der Waals surface area contributed by atoms with Crippen LogP contribution in [0.5, 0.6) is 0 Å². The van der Waals surface area contributed by atoms with Crippen molar-refractivity contribution in [3.63, 3.8) is 0 Å². The minimum absolute atomic E-state index is 0.0328. The molecule has 0 aliphatic rings. The van der Waals surface area contributed by atoms with Gasteiger partial charge in [0.1, 0.15) is 0 Å². The van der Waals surface area contributed by atoms with E-state index in [2.05, 4.69) is 0 Å². The Bertz CT molecular complexity index is 661. The van der Waals surface area contributed by atoms with Gasteiger partial charge in [0.2, 0.25) is 0 Å². The zero-order chi connectivity index (χ0) is 16.7. The second-order valence-corrected chi connectivity index (χ2v) is 6.31. The number of esters is 1. The molecule has 23 heavy (non-hydrogen) atoms. The molecule has 0 saturated carbocycles. The maximum atomic E-state index is 11.7. The predicted octanol–water partition coefficient (Wildman–Crippen LogP) is 3.19. The molecule has 0 fully saturated rings. The number of rotatable bonds is 7. The van der Waals surface area contributed by atoms with Gasteiger partial charge in [0.25, 0.3) is 5.91 Å². The van der Waals surface area contributed by atoms with Crippen molar-refractivity contribution >= 4 is 35.2 Å². The van der Waals surface area contributed by atoms with Crippen molar-refractivity contribution in [2.45, 2.75) is 5.25 Å². The monoisotopic (exact) mass is 349 g/mol. The zero-order valence-electron chi connectivity index (χ0n) is 12.3. The normalized spacial score (nSPS) is 11.7. The fourth-order valence-corrected chi connectivity index (χ4v) is 3.21. The highest BCUT2D eigenvalue weighted by Crippen LogP contribution is 2.36. The van der Waals surface area contributed by atoms with Crippen LogP contribution in [0.25, 0.3) is 0 Å². The van der Waals surface area contributed by atoms with Crippen LogP contribution in [0.2, 0.25) is 5.02 Å². The average molecular weight is 350 g/mol. The number of amides is 1. The zero-order valence-corrected chi connectivity index (χ0v) is 13.8. The van der Waals surface area contributed by atoms with E-state index in [1.54, 1.807) is 0 Å². The lowest BCUT2D eigenvalue weighted by atomic mass is 10.0. The van der Waals surface area contributed by atoms with Crippen molar-refractivity contribution in [1.29, 1.82) is 0 Å². The largest absolute Gasteiger partial charge is 0.455 e. The van der Waals surface area contributed by atoms with E-state index >= 15 is 0 Å². The van der Waals surface area contributed by atoms with Gasteiger partial charge in [-0.05, 0) is 23.3 Å².